The molecule has 1 atom stereocenters. The molecule has 84 valence electrons. The Morgan fingerprint density at radius 1 is 1.38 bits per heavy atom. The van der Waals surface area contributed by atoms with Crippen molar-refractivity contribution in [3.8, 4) is 0 Å². The Morgan fingerprint density at radius 3 is 2.75 bits per heavy atom. The van der Waals surface area contributed by atoms with Crippen molar-refractivity contribution in [3.05, 3.63) is 54.7 Å². The van der Waals surface area contributed by atoms with Crippen molar-refractivity contribution in [2.45, 2.75) is 12.5 Å². The van der Waals surface area contributed by atoms with Gasteiger partial charge in [0, 0.05) is 11.1 Å². The lowest BCUT2D eigenvalue weighted by atomic mass is 10.0. The molecule has 4 heteroatoms. The lowest BCUT2D eigenvalue weighted by molar-refractivity contribution is 0.725. The molecule has 0 saturated carbocycles. The van der Waals surface area contributed by atoms with Gasteiger partial charge in [0.1, 0.15) is 0 Å². The standard InChI is InChI=1S/C12H11ClINS/c13-10-4-2-1-3-8(10)5-11(15)9-6-12(14)16-7-9/h1-4,6-7,11H,5,15H2. The van der Waals surface area contributed by atoms with E-state index in [1.165, 1.54) is 8.45 Å². The molecule has 1 unspecified atom stereocenters. The van der Waals surface area contributed by atoms with Gasteiger partial charge in [0.2, 0.25) is 0 Å². The highest BCUT2D eigenvalue weighted by molar-refractivity contribution is 14.1. The van der Waals surface area contributed by atoms with Gasteiger partial charge in [-0.15, -0.1) is 11.3 Å². The summed E-state index contributed by atoms with van der Waals surface area (Å²) in [5.74, 6) is 0. The lowest BCUT2D eigenvalue weighted by Gasteiger charge is -2.11. The zero-order chi connectivity index (χ0) is 11.5. The highest BCUT2D eigenvalue weighted by atomic mass is 127. The van der Waals surface area contributed by atoms with Crippen LogP contribution in [0.5, 0.6) is 0 Å². The van der Waals surface area contributed by atoms with Crippen molar-refractivity contribution in [2.75, 3.05) is 0 Å². The van der Waals surface area contributed by atoms with Crippen LogP contribution in [0.3, 0.4) is 0 Å². The Kier molecular flexibility index (Phi) is 4.24. The Bertz CT molecular complexity index is 483. The Labute approximate surface area is 118 Å². The Morgan fingerprint density at radius 2 is 2.12 bits per heavy atom. The van der Waals surface area contributed by atoms with E-state index in [0.29, 0.717) is 0 Å². The fourth-order valence-electron chi connectivity index (χ4n) is 1.54. The highest BCUT2D eigenvalue weighted by Gasteiger charge is 2.10. The molecule has 0 amide bonds. The summed E-state index contributed by atoms with van der Waals surface area (Å²) in [6.07, 6.45) is 0.784. The summed E-state index contributed by atoms with van der Waals surface area (Å²) in [5, 5.41) is 2.91. The quantitative estimate of drug-likeness (QED) is 0.811. The van der Waals surface area contributed by atoms with Gasteiger partial charge in [-0.3, -0.25) is 0 Å². The van der Waals surface area contributed by atoms with Crippen LogP contribution in [0.15, 0.2) is 35.7 Å². The number of nitrogens with two attached hydrogens (primary N) is 1. The summed E-state index contributed by atoms with van der Waals surface area (Å²) >= 11 is 10.1. The molecule has 0 aliphatic rings. The zero-order valence-corrected chi connectivity index (χ0v) is 12.2. The third-order valence-electron chi connectivity index (χ3n) is 2.41. The van der Waals surface area contributed by atoms with Crippen LogP contribution < -0.4 is 5.73 Å². The Hall–Kier alpha value is -0.100. The number of thiophene rings is 1. The number of rotatable bonds is 3. The van der Waals surface area contributed by atoms with Crippen LogP contribution >= 0.6 is 45.5 Å². The van der Waals surface area contributed by atoms with E-state index < -0.39 is 0 Å². The van der Waals surface area contributed by atoms with Gasteiger partial charge in [-0.2, -0.15) is 0 Å². The molecule has 0 fully saturated rings. The average Bonchev–Trinajstić information content (AvgIpc) is 2.68. The first-order valence-electron chi connectivity index (χ1n) is 4.89. The second-order valence-corrected chi connectivity index (χ2v) is 6.80. The number of hydrogen-bond acceptors (Lipinski definition) is 2. The van der Waals surface area contributed by atoms with E-state index in [9.17, 15) is 0 Å². The monoisotopic (exact) mass is 363 g/mol. The largest absolute Gasteiger partial charge is 0.324 e. The van der Waals surface area contributed by atoms with E-state index in [1.54, 1.807) is 11.3 Å². The molecule has 2 N–H and O–H groups in total. The summed E-state index contributed by atoms with van der Waals surface area (Å²) in [5.41, 5.74) is 8.45. The number of hydrogen-bond donors (Lipinski definition) is 1. The fourth-order valence-corrected chi connectivity index (χ4v) is 3.19. The van der Waals surface area contributed by atoms with Gasteiger partial charge in [-0.25, -0.2) is 0 Å². The second kappa shape index (κ2) is 5.49. The van der Waals surface area contributed by atoms with Crippen molar-refractivity contribution in [3.63, 3.8) is 0 Å². The molecule has 1 heterocycles. The van der Waals surface area contributed by atoms with Gasteiger partial charge >= 0.3 is 0 Å². The normalized spacial score (nSPS) is 12.7. The van der Waals surface area contributed by atoms with Gasteiger partial charge < -0.3 is 5.73 Å². The highest BCUT2D eigenvalue weighted by Crippen LogP contribution is 2.25. The summed E-state index contributed by atoms with van der Waals surface area (Å²) in [4.78, 5) is 0. The predicted molar refractivity (Wildman–Crippen MR) is 79.1 cm³/mol. The molecule has 0 aliphatic carbocycles. The molecule has 0 aliphatic heterocycles. The van der Waals surface area contributed by atoms with Gasteiger partial charge in [0.05, 0.1) is 2.88 Å². The molecule has 2 rings (SSSR count). The molecule has 0 bridgehead atoms. The molecule has 1 nitrogen and oxygen atoms in total. The van der Waals surface area contributed by atoms with E-state index in [0.717, 1.165) is 17.0 Å². The lowest BCUT2D eigenvalue weighted by Crippen LogP contribution is -2.12. The first-order valence-corrected chi connectivity index (χ1v) is 7.23. The molecular formula is C12H11ClINS. The predicted octanol–water partition coefficient (Wildman–Crippen LogP) is 4.25. The van der Waals surface area contributed by atoms with E-state index >= 15 is 0 Å². The minimum absolute atomic E-state index is 0.0275. The van der Waals surface area contributed by atoms with Crippen molar-refractivity contribution in [2.24, 2.45) is 5.73 Å². The van der Waals surface area contributed by atoms with E-state index in [2.05, 4.69) is 34.0 Å². The molecule has 1 aromatic carbocycles. The van der Waals surface area contributed by atoms with Crippen molar-refractivity contribution in [1.82, 2.24) is 0 Å². The molecule has 16 heavy (non-hydrogen) atoms. The van der Waals surface area contributed by atoms with Gasteiger partial charge in [0.25, 0.3) is 0 Å². The summed E-state index contributed by atoms with van der Waals surface area (Å²) in [6, 6.07) is 10.0. The van der Waals surface area contributed by atoms with Gasteiger partial charge in [-0.1, -0.05) is 29.8 Å². The van der Waals surface area contributed by atoms with Crippen LogP contribution in [0, 0.1) is 2.88 Å². The molecule has 1 aromatic heterocycles. The molecule has 0 spiro atoms. The van der Waals surface area contributed by atoms with E-state index in [1.807, 2.05) is 24.3 Å². The Balaban J connectivity index is 2.13. The molecule has 0 radical (unpaired) electrons. The maximum absolute atomic E-state index is 6.15. The third-order valence-corrected chi connectivity index (χ3v) is 4.59. The van der Waals surface area contributed by atoms with Gasteiger partial charge in [0.15, 0.2) is 0 Å². The topological polar surface area (TPSA) is 26.0 Å². The van der Waals surface area contributed by atoms with Crippen LogP contribution in [0.2, 0.25) is 5.02 Å². The summed E-state index contributed by atoms with van der Waals surface area (Å²) in [7, 11) is 0. The smallest absolute Gasteiger partial charge is 0.0656 e. The van der Waals surface area contributed by atoms with Crippen LogP contribution in [0.25, 0.3) is 0 Å². The van der Waals surface area contributed by atoms with E-state index in [-0.39, 0.29) is 6.04 Å². The van der Waals surface area contributed by atoms with Crippen LogP contribution in [-0.2, 0) is 6.42 Å². The first-order chi connectivity index (χ1) is 7.66. The van der Waals surface area contributed by atoms with Crippen molar-refractivity contribution < 1.29 is 0 Å². The minimum Gasteiger partial charge on any atom is -0.324 e. The third kappa shape index (κ3) is 2.97. The average molecular weight is 364 g/mol. The summed E-state index contributed by atoms with van der Waals surface area (Å²) < 4.78 is 1.27. The second-order valence-electron chi connectivity index (χ2n) is 3.59. The van der Waals surface area contributed by atoms with Crippen molar-refractivity contribution >= 4 is 45.5 Å². The summed E-state index contributed by atoms with van der Waals surface area (Å²) in [6.45, 7) is 0. The fraction of sp³-hybridized carbons (Fsp3) is 0.167. The van der Waals surface area contributed by atoms with Crippen LogP contribution in [-0.4, -0.2) is 0 Å². The van der Waals surface area contributed by atoms with Crippen LogP contribution in [0.1, 0.15) is 17.2 Å². The molecule has 0 saturated heterocycles. The number of halogens is 2. The van der Waals surface area contributed by atoms with E-state index in [4.69, 9.17) is 17.3 Å². The van der Waals surface area contributed by atoms with Crippen molar-refractivity contribution in [1.29, 1.82) is 0 Å². The maximum atomic E-state index is 6.15. The minimum atomic E-state index is 0.0275. The maximum Gasteiger partial charge on any atom is 0.0656 e. The number of benzene rings is 1. The first kappa shape index (κ1) is 12.4. The zero-order valence-electron chi connectivity index (χ0n) is 8.49. The van der Waals surface area contributed by atoms with Crippen LogP contribution in [0.4, 0.5) is 0 Å². The van der Waals surface area contributed by atoms with Gasteiger partial charge in [-0.05, 0) is 57.7 Å². The molecule has 2 aromatic rings. The SMILES string of the molecule is NC(Cc1ccccc1Cl)c1csc(I)c1. The molecular weight excluding hydrogens is 353 g/mol.